The normalized spacial score (nSPS) is 13.3. The molecule has 12 heavy (non-hydrogen) atoms. The molecule has 0 radical (unpaired) electrons. The number of alkyl halides is 3. The van der Waals surface area contributed by atoms with Gasteiger partial charge < -0.3 is 0 Å². The molecule has 0 aliphatic rings. The van der Waals surface area contributed by atoms with Crippen LogP contribution in [0.15, 0.2) is 0 Å². The summed E-state index contributed by atoms with van der Waals surface area (Å²) >= 11 is 0. The molecule has 0 spiro atoms. The van der Waals surface area contributed by atoms with Gasteiger partial charge in [-0.3, -0.25) is 4.18 Å². The van der Waals surface area contributed by atoms with Crippen molar-refractivity contribution in [3.8, 4) is 0 Å². The Kier molecular flexibility index (Phi) is 3.98. The molecule has 0 saturated carbocycles. The molecule has 0 aliphatic carbocycles. The Labute approximate surface area is 68.6 Å². The van der Waals surface area contributed by atoms with E-state index in [1.165, 1.54) is 0 Å². The minimum atomic E-state index is -5.37. The molecule has 0 bridgehead atoms. The van der Waals surface area contributed by atoms with Gasteiger partial charge in [-0.15, -0.1) is 0 Å². The molecule has 0 aromatic heterocycles. The van der Waals surface area contributed by atoms with Gasteiger partial charge in [-0.1, -0.05) is 13.3 Å². The summed E-state index contributed by atoms with van der Waals surface area (Å²) in [5, 5.41) is 0. The Morgan fingerprint density at radius 3 is 2.17 bits per heavy atom. The van der Waals surface area contributed by atoms with E-state index in [1.54, 1.807) is 6.92 Å². The van der Waals surface area contributed by atoms with E-state index < -0.39 is 22.2 Å². The zero-order chi connectivity index (χ0) is 9.83. The van der Waals surface area contributed by atoms with Gasteiger partial charge in [0.1, 0.15) is 0 Å². The number of rotatable bonds is 4. The van der Waals surface area contributed by atoms with E-state index in [1.807, 2.05) is 0 Å². The molecule has 0 fully saturated rings. The maximum Gasteiger partial charge on any atom is 0.523 e. The van der Waals surface area contributed by atoms with Gasteiger partial charge in [0.05, 0.1) is 6.61 Å². The summed E-state index contributed by atoms with van der Waals surface area (Å²) in [4.78, 5) is 0. The van der Waals surface area contributed by atoms with Gasteiger partial charge in [-0.2, -0.15) is 21.6 Å². The van der Waals surface area contributed by atoms with Crippen molar-refractivity contribution in [2.75, 3.05) is 6.61 Å². The van der Waals surface area contributed by atoms with Crippen molar-refractivity contribution in [3.63, 3.8) is 0 Å². The van der Waals surface area contributed by atoms with E-state index in [0.717, 1.165) is 0 Å². The van der Waals surface area contributed by atoms with Gasteiger partial charge >= 0.3 is 15.6 Å². The van der Waals surface area contributed by atoms with Crippen molar-refractivity contribution < 1.29 is 25.8 Å². The van der Waals surface area contributed by atoms with Gasteiger partial charge in [0.25, 0.3) is 0 Å². The van der Waals surface area contributed by atoms with E-state index in [-0.39, 0.29) is 6.42 Å². The van der Waals surface area contributed by atoms with Gasteiger partial charge in [-0.05, 0) is 6.42 Å². The predicted molar refractivity (Wildman–Crippen MR) is 35.8 cm³/mol. The van der Waals surface area contributed by atoms with Gasteiger partial charge in [0, 0.05) is 0 Å². The highest BCUT2D eigenvalue weighted by atomic mass is 32.2. The Morgan fingerprint density at radius 2 is 1.83 bits per heavy atom. The second kappa shape index (κ2) is 4.08. The molecule has 0 aromatic carbocycles. The smallest absolute Gasteiger partial charge is 0.263 e. The van der Waals surface area contributed by atoms with Crippen molar-refractivity contribution in [3.05, 3.63) is 0 Å². The summed E-state index contributed by atoms with van der Waals surface area (Å²) in [7, 11) is -5.37. The van der Waals surface area contributed by atoms with Crippen molar-refractivity contribution in [2.45, 2.75) is 25.3 Å². The van der Waals surface area contributed by atoms with Crippen LogP contribution < -0.4 is 0 Å². The second-order valence-electron chi connectivity index (χ2n) is 2.08. The fourth-order valence-electron chi connectivity index (χ4n) is 0.380. The lowest BCUT2D eigenvalue weighted by atomic mass is 10.4. The number of hydrogen-bond acceptors (Lipinski definition) is 3. The summed E-state index contributed by atoms with van der Waals surface area (Å²) in [6, 6.07) is 0. The monoisotopic (exact) mass is 206 g/mol. The standard InChI is InChI=1S/C5H9F3O3S/c1-2-3-4-11-12(9,10)5(6,7)8/h2-4H2,1H3. The Morgan fingerprint density at radius 1 is 1.33 bits per heavy atom. The molecule has 0 aliphatic heterocycles. The van der Waals surface area contributed by atoms with Gasteiger partial charge in [0.15, 0.2) is 0 Å². The first-order valence-electron chi connectivity index (χ1n) is 3.27. The zero-order valence-corrected chi connectivity index (χ0v) is 7.20. The number of halogens is 3. The van der Waals surface area contributed by atoms with Crippen LogP contribution in [-0.2, 0) is 14.3 Å². The third-order valence-electron chi connectivity index (χ3n) is 1.02. The molecule has 0 N–H and O–H groups in total. The fourth-order valence-corrected chi connectivity index (χ4v) is 0.851. The van der Waals surface area contributed by atoms with Crippen molar-refractivity contribution in [1.29, 1.82) is 0 Å². The molecule has 0 aromatic rings. The Bertz CT molecular complexity index is 219. The molecular formula is C5H9F3O3S. The largest absolute Gasteiger partial charge is 0.523 e. The Balaban J connectivity index is 4.08. The maximum absolute atomic E-state index is 11.5. The topological polar surface area (TPSA) is 43.4 Å². The van der Waals surface area contributed by atoms with Crippen LogP contribution >= 0.6 is 0 Å². The lowest BCUT2D eigenvalue weighted by Gasteiger charge is -2.06. The lowest BCUT2D eigenvalue weighted by Crippen LogP contribution is -2.25. The average molecular weight is 206 g/mol. The minimum Gasteiger partial charge on any atom is -0.263 e. The molecule has 0 unspecified atom stereocenters. The highest BCUT2D eigenvalue weighted by molar-refractivity contribution is 7.87. The molecular weight excluding hydrogens is 197 g/mol. The van der Waals surface area contributed by atoms with E-state index in [2.05, 4.69) is 4.18 Å². The summed E-state index contributed by atoms with van der Waals surface area (Å²) in [6.45, 7) is 1.29. The van der Waals surface area contributed by atoms with Crippen molar-refractivity contribution >= 4 is 10.1 Å². The molecule has 0 amide bonds. The van der Waals surface area contributed by atoms with E-state index in [0.29, 0.717) is 6.42 Å². The third kappa shape index (κ3) is 3.40. The average Bonchev–Trinajstić information content (AvgIpc) is 1.85. The summed E-state index contributed by atoms with van der Waals surface area (Å²) in [5.41, 5.74) is -5.30. The highest BCUT2D eigenvalue weighted by Gasteiger charge is 2.47. The second-order valence-corrected chi connectivity index (χ2v) is 3.68. The lowest BCUT2D eigenvalue weighted by molar-refractivity contribution is -0.0542. The molecule has 0 atom stereocenters. The maximum atomic E-state index is 11.5. The molecule has 3 nitrogen and oxygen atoms in total. The van der Waals surface area contributed by atoms with Crippen LogP contribution in [0.3, 0.4) is 0 Å². The number of unbranched alkanes of at least 4 members (excludes halogenated alkanes) is 1. The van der Waals surface area contributed by atoms with Crippen LogP contribution in [0.5, 0.6) is 0 Å². The van der Waals surface area contributed by atoms with Gasteiger partial charge in [-0.25, -0.2) is 0 Å². The quantitative estimate of drug-likeness (QED) is 0.399. The summed E-state index contributed by atoms with van der Waals surface area (Å²) in [6.07, 6.45) is 0.864. The number of hydrogen-bond donors (Lipinski definition) is 0. The van der Waals surface area contributed by atoms with Gasteiger partial charge in [0.2, 0.25) is 0 Å². The molecule has 0 rings (SSSR count). The minimum absolute atomic E-state index is 0.287. The Hall–Kier alpha value is -0.300. The van der Waals surface area contributed by atoms with Crippen LogP contribution in [0.4, 0.5) is 13.2 Å². The van der Waals surface area contributed by atoms with E-state index >= 15 is 0 Å². The van der Waals surface area contributed by atoms with Crippen molar-refractivity contribution in [1.82, 2.24) is 0 Å². The third-order valence-corrected chi connectivity index (χ3v) is 2.06. The van der Waals surface area contributed by atoms with Crippen LogP contribution in [0, 0.1) is 0 Å². The fraction of sp³-hybridized carbons (Fsp3) is 1.00. The predicted octanol–water partition coefficient (Wildman–Crippen LogP) is 1.65. The van der Waals surface area contributed by atoms with Crippen molar-refractivity contribution in [2.24, 2.45) is 0 Å². The van der Waals surface area contributed by atoms with Crippen LogP contribution in [-0.4, -0.2) is 20.5 Å². The SMILES string of the molecule is CCCCOS(=O)(=O)C(F)(F)F. The molecule has 0 heterocycles. The molecule has 74 valence electrons. The van der Waals surface area contributed by atoms with Crippen LogP contribution in [0.25, 0.3) is 0 Å². The molecule has 0 saturated heterocycles. The first-order valence-corrected chi connectivity index (χ1v) is 4.68. The first kappa shape index (κ1) is 11.7. The van der Waals surface area contributed by atoms with Crippen LogP contribution in [0.1, 0.15) is 19.8 Å². The first-order chi connectivity index (χ1) is 5.31. The zero-order valence-electron chi connectivity index (χ0n) is 6.39. The highest BCUT2D eigenvalue weighted by Crippen LogP contribution is 2.24. The van der Waals surface area contributed by atoms with E-state index in [9.17, 15) is 21.6 Å². The molecule has 7 heteroatoms. The van der Waals surface area contributed by atoms with Crippen LogP contribution in [0.2, 0.25) is 0 Å². The summed E-state index contributed by atoms with van der Waals surface area (Å²) in [5.74, 6) is 0. The summed E-state index contributed by atoms with van der Waals surface area (Å²) < 4.78 is 58.7. The van der Waals surface area contributed by atoms with E-state index in [4.69, 9.17) is 0 Å².